The minimum atomic E-state index is 1.75. The van der Waals surface area contributed by atoms with Gasteiger partial charge in [-0.3, -0.25) is 0 Å². The zero-order valence-electron chi connectivity index (χ0n) is 13.3. The molecule has 108 valence electrons. The fourth-order valence-electron chi connectivity index (χ4n) is 0.770. The second-order valence-electron chi connectivity index (χ2n) is 2.72. The molecule has 0 N–H and O–H groups in total. The molecule has 0 fully saturated rings. The van der Waals surface area contributed by atoms with E-state index in [9.17, 15) is 0 Å². The van der Waals surface area contributed by atoms with E-state index in [-0.39, 0.29) is 0 Å². The molecular formula is C18H30S. The number of hydrogen-bond donors (Lipinski definition) is 0. The Balaban J connectivity index is -0.000000187. The van der Waals surface area contributed by atoms with Gasteiger partial charge in [0.1, 0.15) is 0 Å². The molecule has 0 aromatic heterocycles. The lowest BCUT2D eigenvalue weighted by molar-refractivity contribution is 1.50. The van der Waals surface area contributed by atoms with Gasteiger partial charge < -0.3 is 0 Å². The van der Waals surface area contributed by atoms with Crippen LogP contribution < -0.4 is 0 Å². The average Bonchev–Trinajstić information content (AvgIpc) is 2.56. The van der Waals surface area contributed by atoms with E-state index in [1.54, 1.807) is 11.8 Å². The minimum absolute atomic E-state index is 1.75. The summed E-state index contributed by atoms with van der Waals surface area (Å²) < 4.78 is 0. The van der Waals surface area contributed by atoms with Crippen molar-refractivity contribution >= 4 is 11.8 Å². The molecule has 0 atom stereocenters. The highest BCUT2D eigenvalue weighted by Gasteiger charge is 1.58. The van der Waals surface area contributed by atoms with Crippen molar-refractivity contribution in [3.63, 3.8) is 0 Å². The molecule has 1 heteroatoms. The first kappa shape index (κ1) is 22.9. The Morgan fingerprint density at radius 2 is 0.421 bits per heavy atom. The summed E-state index contributed by atoms with van der Waals surface area (Å²) in [5.74, 6) is 0. The van der Waals surface area contributed by atoms with Crippen LogP contribution in [0.2, 0.25) is 0 Å². The summed E-state index contributed by atoms with van der Waals surface area (Å²) in [6.07, 6.45) is 4.08. The molecular weight excluding hydrogens is 248 g/mol. The Kier molecular flexibility index (Phi) is 36.3. The molecule has 0 spiro atoms. The Hall–Kier alpha value is -1.21. The van der Waals surface area contributed by atoms with Crippen LogP contribution in [-0.4, -0.2) is 12.5 Å². The zero-order valence-corrected chi connectivity index (χ0v) is 14.2. The first-order valence-electron chi connectivity index (χ1n) is 6.82. The van der Waals surface area contributed by atoms with Crippen molar-refractivity contribution < 1.29 is 0 Å². The van der Waals surface area contributed by atoms with Gasteiger partial charge >= 0.3 is 0 Å². The van der Waals surface area contributed by atoms with Gasteiger partial charge in [0.05, 0.1) is 0 Å². The first-order valence-corrected chi connectivity index (χ1v) is 8.45. The average molecular weight is 279 g/mol. The number of rotatable bonds is 0. The molecule has 0 aliphatic heterocycles. The predicted molar refractivity (Wildman–Crippen MR) is 95.0 cm³/mol. The van der Waals surface area contributed by atoms with Gasteiger partial charge in [0.15, 0.2) is 0 Å². The van der Waals surface area contributed by atoms with E-state index in [0.29, 0.717) is 0 Å². The molecule has 0 heterocycles. The van der Waals surface area contributed by atoms with Crippen molar-refractivity contribution in [1.82, 2.24) is 0 Å². The van der Waals surface area contributed by atoms with Crippen molar-refractivity contribution in [2.75, 3.05) is 12.5 Å². The standard InChI is InChI=1S/2C6H6.C2H6S.2C2H6/c2*1-2-4-6-5-3-1;1-3-2;2*1-2/h2*1-6H;1-2H3;2*1-2H3. The molecule has 0 bridgehead atoms. The van der Waals surface area contributed by atoms with Crippen LogP contribution in [-0.2, 0) is 0 Å². The minimum Gasteiger partial charge on any atom is -0.169 e. The van der Waals surface area contributed by atoms with Crippen LogP contribution in [0.1, 0.15) is 27.7 Å². The van der Waals surface area contributed by atoms with Crippen LogP contribution in [0.5, 0.6) is 0 Å². The Morgan fingerprint density at radius 3 is 0.474 bits per heavy atom. The molecule has 0 amide bonds. The molecule has 0 aliphatic rings. The van der Waals surface area contributed by atoms with Gasteiger partial charge in [-0.1, -0.05) is 100 Å². The lowest BCUT2D eigenvalue weighted by atomic mass is 10.4. The zero-order chi connectivity index (χ0) is 15.2. The van der Waals surface area contributed by atoms with E-state index in [1.807, 2.05) is 113 Å². The summed E-state index contributed by atoms with van der Waals surface area (Å²) in [5, 5.41) is 0. The lowest BCUT2D eigenvalue weighted by Crippen LogP contribution is -1.47. The third-order valence-electron chi connectivity index (χ3n) is 1.33. The number of benzene rings is 2. The summed E-state index contributed by atoms with van der Waals surface area (Å²) in [4.78, 5) is 0. The van der Waals surface area contributed by atoms with Crippen molar-refractivity contribution in [3.05, 3.63) is 72.8 Å². The molecule has 19 heavy (non-hydrogen) atoms. The maximum atomic E-state index is 2.04. The van der Waals surface area contributed by atoms with Crippen molar-refractivity contribution in [2.24, 2.45) is 0 Å². The van der Waals surface area contributed by atoms with Crippen molar-refractivity contribution in [1.29, 1.82) is 0 Å². The fraction of sp³-hybridized carbons (Fsp3) is 0.333. The topological polar surface area (TPSA) is 0 Å². The summed E-state index contributed by atoms with van der Waals surface area (Å²) >= 11 is 1.75. The van der Waals surface area contributed by atoms with Crippen LogP contribution in [0.3, 0.4) is 0 Å². The predicted octanol–water partition coefficient (Wildman–Crippen LogP) is 6.40. The molecule has 2 aromatic rings. The number of thioether (sulfide) groups is 1. The Labute approximate surface area is 125 Å². The molecule has 0 saturated heterocycles. The molecule has 0 nitrogen and oxygen atoms in total. The second-order valence-corrected chi connectivity index (χ2v) is 3.53. The highest BCUT2D eigenvalue weighted by atomic mass is 32.2. The van der Waals surface area contributed by atoms with E-state index >= 15 is 0 Å². The van der Waals surface area contributed by atoms with Gasteiger partial charge in [0.2, 0.25) is 0 Å². The normalized spacial score (nSPS) is 6.63. The van der Waals surface area contributed by atoms with Gasteiger partial charge in [-0.2, -0.15) is 11.8 Å². The van der Waals surface area contributed by atoms with Crippen molar-refractivity contribution in [2.45, 2.75) is 27.7 Å². The van der Waals surface area contributed by atoms with Gasteiger partial charge in [0, 0.05) is 0 Å². The molecule has 0 saturated carbocycles. The monoisotopic (exact) mass is 278 g/mol. The quantitative estimate of drug-likeness (QED) is 0.537. The smallest absolute Gasteiger partial charge is 0.0187 e. The largest absolute Gasteiger partial charge is 0.169 e. The van der Waals surface area contributed by atoms with E-state index < -0.39 is 0 Å². The second kappa shape index (κ2) is 30.1. The molecule has 0 radical (unpaired) electrons. The SMILES string of the molecule is CC.CC.CSC.c1ccccc1.c1ccccc1. The molecule has 2 rings (SSSR count). The van der Waals surface area contributed by atoms with E-state index in [0.717, 1.165) is 0 Å². The van der Waals surface area contributed by atoms with Gasteiger partial charge in [0.25, 0.3) is 0 Å². The van der Waals surface area contributed by atoms with Gasteiger partial charge in [-0.25, -0.2) is 0 Å². The fourth-order valence-corrected chi connectivity index (χ4v) is 0.770. The van der Waals surface area contributed by atoms with E-state index in [1.165, 1.54) is 0 Å². The molecule has 0 unspecified atom stereocenters. The van der Waals surface area contributed by atoms with Gasteiger partial charge in [-0.15, -0.1) is 0 Å². The molecule has 2 aromatic carbocycles. The third kappa shape index (κ3) is 31.5. The lowest BCUT2D eigenvalue weighted by Gasteiger charge is -1.69. The van der Waals surface area contributed by atoms with Crippen molar-refractivity contribution in [3.8, 4) is 0 Å². The van der Waals surface area contributed by atoms with Crippen LogP contribution >= 0.6 is 11.8 Å². The Morgan fingerprint density at radius 1 is 0.368 bits per heavy atom. The van der Waals surface area contributed by atoms with Gasteiger partial charge in [-0.05, 0) is 12.5 Å². The maximum Gasteiger partial charge on any atom is -0.0187 e. The third-order valence-corrected chi connectivity index (χ3v) is 1.33. The summed E-state index contributed by atoms with van der Waals surface area (Å²) in [7, 11) is 0. The van der Waals surface area contributed by atoms with Crippen LogP contribution in [0.15, 0.2) is 72.8 Å². The van der Waals surface area contributed by atoms with Crippen LogP contribution in [0.25, 0.3) is 0 Å². The molecule has 0 aliphatic carbocycles. The van der Waals surface area contributed by atoms with Crippen LogP contribution in [0.4, 0.5) is 0 Å². The van der Waals surface area contributed by atoms with Crippen LogP contribution in [0, 0.1) is 0 Å². The summed E-state index contributed by atoms with van der Waals surface area (Å²) in [5.41, 5.74) is 0. The summed E-state index contributed by atoms with van der Waals surface area (Å²) in [6.45, 7) is 8.00. The maximum absolute atomic E-state index is 2.04. The summed E-state index contributed by atoms with van der Waals surface area (Å²) in [6, 6.07) is 24.0. The van der Waals surface area contributed by atoms with E-state index in [4.69, 9.17) is 0 Å². The Bertz CT molecular complexity index is 194. The first-order chi connectivity index (χ1) is 9.41. The highest BCUT2D eigenvalue weighted by Crippen LogP contribution is 1.80. The van der Waals surface area contributed by atoms with E-state index in [2.05, 4.69) is 0 Å². The highest BCUT2D eigenvalue weighted by molar-refractivity contribution is 7.97. The number of hydrogen-bond acceptors (Lipinski definition) is 1.